The van der Waals surface area contributed by atoms with Gasteiger partial charge in [0.2, 0.25) is 5.91 Å². The standard InChI is InChI=1S/C30H36ClN5O4S/c1-18-11-9-10-14-21(18)16-32-28(39)25-30(3,4)41-17-36(25)29(40)24(37)22(15-20-12-7-6-8-13-20)33-27(38)23-19(2)34-35(5)26(23)31/h6-14,22,24-25,37H,15-17H2,1-5H3,(H,32,39)(H,33,38)/t22?,24-,25?/m0/s1. The Balaban J connectivity index is 1.56. The van der Waals surface area contributed by atoms with E-state index in [0.29, 0.717) is 12.2 Å². The van der Waals surface area contributed by atoms with Crippen molar-refractivity contribution in [1.29, 1.82) is 0 Å². The van der Waals surface area contributed by atoms with Crippen LogP contribution in [-0.2, 0) is 29.6 Å². The molecule has 1 fully saturated rings. The monoisotopic (exact) mass is 597 g/mol. The zero-order chi connectivity index (χ0) is 29.9. The fraction of sp³-hybridized carbons (Fsp3) is 0.400. The van der Waals surface area contributed by atoms with Crippen LogP contribution in [0.25, 0.3) is 0 Å². The van der Waals surface area contributed by atoms with E-state index in [2.05, 4.69) is 15.7 Å². The fourth-order valence-electron chi connectivity index (χ4n) is 5.08. The Labute approximate surface area is 249 Å². The van der Waals surface area contributed by atoms with Gasteiger partial charge in [0.25, 0.3) is 11.8 Å². The first kappa shape index (κ1) is 30.6. The van der Waals surface area contributed by atoms with E-state index in [0.717, 1.165) is 16.7 Å². The molecule has 2 heterocycles. The summed E-state index contributed by atoms with van der Waals surface area (Å²) in [4.78, 5) is 42.1. The Hall–Kier alpha value is -3.34. The Morgan fingerprint density at radius 1 is 1.12 bits per heavy atom. The molecular weight excluding hydrogens is 562 g/mol. The molecule has 0 spiro atoms. The van der Waals surface area contributed by atoms with Crippen molar-refractivity contribution in [3.05, 3.63) is 87.7 Å². The molecule has 3 atom stereocenters. The number of nitrogens with zero attached hydrogens (tertiary/aromatic N) is 3. The molecule has 3 aromatic rings. The third kappa shape index (κ3) is 6.77. The van der Waals surface area contributed by atoms with E-state index < -0.39 is 34.7 Å². The van der Waals surface area contributed by atoms with Crippen molar-refractivity contribution in [1.82, 2.24) is 25.3 Å². The molecule has 3 amide bonds. The Morgan fingerprint density at radius 3 is 2.41 bits per heavy atom. The van der Waals surface area contributed by atoms with Crippen LogP contribution in [-0.4, -0.2) is 66.3 Å². The van der Waals surface area contributed by atoms with Crippen LogP contribution in [0.15, 0.2) is 54.6 Å². The number of hydrogen-bond acceptors (Lipinski definition) is 6. The maximum atomic E-state index is 13.9. The molecule has 1 saturated heterocycles. The van der Waals surface area contributed by atoms with Crippen molar-refractivity contribution in [3.63, 3.8) is 0 Å². The van der Waals surface area contributed by atoms with Gasteiger partial charge in [-0.05, 0) is 50.8 Å². The summed E-state index contributed by atoms with van der Waals surface area (Å²) in [7, 11) is 1.63. The molecule has 0 aliphatic carbocycles. The third-order valence-electron chi connectivity index (χ3n) is 7.42. The quantitative estimate of drug-likeness (QED) is 0.348. The minimum atomic E-state index is -1.61. The molecule has 0 bridgehead atoms. The first-order valence-electron chi connectivity index (χ1n) is 13.4. The van der Waals surface area contributed by atoms with E-state index in [1.165, 1.54) is 21.3 Å². The first-order chi connectivity index (χ1) is 19.4. The zero-order valence-electron chi connectivity index (χ0n) is 23.8. The number of rotatable bonds is 9. The van der Waals surface area contributed by atoms with Gasteiger partial charge in [0.05, 0.1) is 23.2 Å². The Bertz CT molecular complexity index is 1430. The minimum absolute atomic E-state index is 0.155. The van der Waals surface area contributed by atoms with Crippen LogP contribution in [0.4, 0.5) is 0 Å². The smallest absolute Gasteiger partial charge is 0.256 e. The van der Waals surface area contributed by atoms with E-state index >= 15 is 0 Å². The van der Waals surface area contributed by atoms with Gasteiger partial charge in [-0.15, -0.1) is 11.8 Å². The Morgan fingerprint density at radius 2 is 1.78 bits per heavy atom. The number of nitrogens with one attached hydrogen (secondary N) is 2. The number of amides is 3. The minimum Gasteiger partial charge on any atom is -0.381 e. The molecule has 9 nitrogen and oxygen atoms in total. The van der Waals surface area contributed by atoms with Gasteiger partial charge < -0.3 is 20.6 Å². The number of aliphatic hydroxyl groups is 1. The molecule has 4 rings (SSSR count). The van der Waals surface area contributed by atoms with E-state index in [4.69, 9.17) is 11.6 Å². The highest BCUT2D eigenvalue weighted by atomic mass is 35.5. The van der Waals surface area contributed by atoms with Crippen LogP contribution < -0.4 is 10.6 Å². The van der Waals surface area contributed by atoms with Crippen LogP contribution in [0.3, 0.4) is 0 Å². The van der Waals surface area contributed by atoms with Crippen molar-refractivity contribution in [3.8, 4) is 0 Å². The number of carbonyl (C=O) groups excluding carboxylic acids is 3. The summed E-state index contributed by atoms with van der Waals surface area (Å²) in [6.07, 6.45) is -1.43. The van der Waals surface area contributed by atoms with Gasteiger partial charge in [0.1, 0.15) is 11.2 Å². The highest BCUT2D eigenvalue weighted by molar-refractivity contribution is 8.00. The average Bonchev–Trinajstić information content (AvgIpc) is 3.39. The molecule has 1 aliphatic heterocycles. The summed E-state index contributed by atoms with van der Waals surface area (Å²) in [5.41, 5.74) is 3.47. The fourth-order valence-corrected chi connectivity index (χ4v) is 6.48. The van der Waals surface area contributed by atoms with E-state index in [9.17, 15) is 19.5 Å². The number of carbonyl (C=O) groups is 3. The number of benzene rings is 2. The van der Waals surface area contributed by atoms with E-state index in [1.54, 1.807) is 14.0 Å². The van der Waals surface area contributed by atoms with Gasteiger partial charge in [-0.1, -0.05) is 66.2 Å². The molecule has 3 N–H and O–H groups in total. The number of aryl methyl sites for hydroxylation is 3. The molecule has 41 heavy (non-hydrogen) atoms. The SMILES string of the molecule is Cc1ccccc1CNC(=O)C1N(C(=O)[C@@H](O)C(Cc2ccccc2)NC(=O)c2c(C)nn(C)c2Cl)CSC1(C)C. The molecule has 218 valence electrons. The highest BCUT2D eigenvalue weighted by Gasteiger charge is 2.49. The molecule has 11 heteroatoms. The van der Waals surface area contributed by atoms with Gasteiger partial charge in [-0.3, -0.25) is 19.1 Å². The number of aliphatic hydroxyl groups excluding tert-OH is 1. The van der Waals surface area contributed by atoms with Crippen molar-refractivity contribution >= 4 is 41.1 Å². The lowest BCUT2D eigenvalue weighted by Crippen LogP contribution is -2.58. The number of halogens is 1. The second kappa shape index (κ2) is 12.7. The molecule has 2 aromatic carbocycles. The number of hydrogen-bond donors (Lipinski definition) is 3. The lowest BCUT2D eigenvalue weighted by atomic mass is 9.97. The van der Waals surface area contributed by atoms with Crippen LogP contribution in [0.1, 0.15) is 46.6 Å². The summed E-state index contributed by atoms with van der Waals surface area (Å²) < 4.78 is 0.799. The number of thioether (sulfide) groups is 1. The summed E-state index contributed by atoms with van der Waals surface area (Å²) in [6, 6.07) is 15.2. The predicted molar refractivity (Wildman–Crippen MR) is 161 cm³/mol. The summed E-state index contributed by atoms with van der Waals surface area (Å²) in [6.45, 7) is 7.78. The van der Waals surface area contributed by atoms with Crippen LogP contribution in [0.2, 0.25) is 5.15 Å². The van der Waals surface area contributed by atoms with Gasteiger partial charge in [-0.25, -0.2) is 0 Å². The van der Waals surface area contributed by atoms with Gasteiger partial charge in [-0.2, -0.15) is 5.10 Å². The zero-order valence-corrected chi connectivity index (χ0v) is 25.4. The molecule has 0 radical (unpaired) electrons. The Kier molecular flexibility index (Phi) is 9.46. The lowest BCUT2D eigenvalue weighted by molar-refractivity contribution is -0.147. The van der Waals surface area contributed by atoms with Crippen LogP contribution in [0, 0.1) is 13.8 Å². The molecule has 2 unspecified atom stereocenters. The first-order valence-corrected chi connectivity index (χ1v) is 14.8. The summed E-state index contributed by atoms with van der Waals surface area (Å²) >= 11 is 7.79. The maximum Gasteiger partial charge on any atom is 0.256 e. The second-order valence-corrected chi connectivity index (χ2v) is 12.8. The van der Waals surface area contributed by atoms with Crippen LogP contribution >= 0.6 is 23.4 Å². The van der Waals surface area contributed by atoms with Crippen molar-refractivity contribution in [2.45, 2.75) is 63.6 Å². The van der Waals surface area contributed by atoms with E-state index in [-0.39, 0.29) is 28.9 Å². The average molecular weight is 598 g/mol. The highest BCUT2D eigenvalue weighted by Crippen LogP contribution is 2.40. The predicted octanol–water partition coefficient (Wildman–Crippen LogP) is 3.39. The largest absolute Gasteiger partial charge is 0.381 e. The lowest BCUT2D eigenvalue weighted by Gasteiger charge is -2.33. The summed E-state index contributed by atoms with van der Waals surface area (Å²) in [5, 5.41) is 21.6. The molecule has 1 aromatic heterocycles. The van der Waals surface area contributed by atoms with Gasteiger partial charge >= 0.3 is 0 Å². The van der Waals surface area contributed by atoms with Crippen molar-refractivity contribution in [2.75, 3.05) is 5.88 Å². The topological polar surface area (TPSA) is 117 Å². The van der Waals surface area contributed by atoms with Gasteiger partial charge in [0.15, 0.2) is 6.10 Å². The van der Waals surface area contributed by atoms with E-state index in [1.807, 2.05) is 75.4 Å². The maximum absolute atomic E-state index is 13.9. The van der Waals surface area contributed by atoms with Crippen LogP contribution in [0.5, 0.6) is 0 Å². The summed E-state index contributed by atoms with van der Waals surface area (Å²) in [5.74, 6) is -1.25. The number of aromatic nitrogens is 2. The van der Waals surface area contributed by atoms with Gasteiger partial charge in [0, 0.05) is 18.3 Å². The second-order valence-electron chi connectivity index (χ2n) is 10.8. The molecule has 0 saturated carbocycles. The third-order valence-corrected chi connectivity index (χ3v) is 9.23. The van der Waals surface area contributed by atoms with Crippen molar-refractivity contribution < 1.29 is 19.5 Å². The molecule has 1 aliphatic rings. The normalized spacial score (nSPS) is 17.6. The molecular formula is C30H36ClN5O4S. The van der Waals surface area contributed by atoms with Crippen molar-refractivity contribution in [2.24, 2.45) is 7.05 Å².